The number of ether oxygens (including phenoxy) is 2. The molecule has 2 unspecified atom stereocenters. The first-order valence-corrected chi connectivity index (χ1v) is 12.1. The number of pyridine rings is 2. The fourth-order valence-electron chi connectivity index (χ4n) is 4.31. The number of rotatable bonds is 9. The molecule has 2 aromatic rings. The van der Waals surface area contributed by atoms with Gasteiger partial charge in [0.05, 0.1) is 13.2 Å². The Morgan fingerprint density at radius 2 is 1.60 bits per heavy atom. The summed E-state index contributed by atoms with van der Waals surface area (Å²) >= 11 is 0. The van der Waals surface area contributed by atoms with Gasteiger partial charge in [0.25, 0.3) is 0 Å². The summed E-state index contributed by atoms with van der Waals surface area (Å²) in [5.74, 6) is 3.02. The molecule has 2 aromatic heterocycles. The number of hydrogen-bond acceptors (Lipinski definition) is 10. The summed E-state index contributed by atoms with van der Waals surface area (Å²) in [4.78, 5) is 11.5. The molecule has 0 amide bonds. The third-order valence-electron chi connectivity index (χ3n) is 6.18. The molecule has 10 heteroatoms. The van der Waals surface area contributed by atoms with Crippen LogP contribution >= 0.6 is 0 Å². The van der Waals surface area contributed by atoms with Crippen LogP contribution in [-0.2, 0) is 0 Å². The molecule has 2 saturated heterocycles. The van der Waals surface area contributed by atoms with Gasteiger partial charge in [-0.25, -0.2) is 9.97 Å². The van der Waals surface area contributed by atoms with Crippen molar-refractivity contribution in [1.29, 1.82) is 10.5 Å². The molecule has 186 valence electrons. The Hall–Kier alpha value is -3.92. The summed E-state index contributed by atoms with van der Waals surface area (Å²) in [6, 6.07) is 7.44. The van der Waals surface area contributed by atoms with Crippen LogP contribution in [0.2, 0.25) is 0 Å². The Balaban J connectivity index is 0.000000196. The number of likely N-dealkylation sites (tertiary alicyclic amines) is 2. The molecule has 0 aromatic carbocycles. The molecular formula is C25H34N8O2. The lowest BCUT2D eigenvalue weighted by Crippen LogP contribution is -2.24. The molecule has 4 N–H and O–H groups in total. The van der Waals surface area contributed by atoms with Crippen molar-refractivity contribution in [2.24, 2.45) is 5.92 Å². The zero-order chi connectivity index (χ0) is 24.9. The largest absolute Gasteiger partial charge is 0.493 e. The van der Waals surface area contributed by atoms with E-state index in [1.807, 2.05) is 4.90 Å². The van der Waals surface area contributed by atoms with Crippen molar-refractivity contribution in [2.75, 3.05) is 44.3 Å². The summed E-state index contributed by atoms with van der Waals surface area (Å²) in [7, 11) is 0. The van der Waals surface area contributed by atoms with Crippen molar-refractivity contribution in [3.63, 3.8) is 0 Å². The van der Waals surface area contributed by atoms with Crippen LogP contribution < -0.4 is 20.9 Å². The van der Waals surface area contributed by atoms with Crippen LogP contribution in [-0.4, -0.2) is 58.7 Å². The van der Waals surface area contributed by atoms with Gasteiger partial charge in [0.1, 0.15) is 23.1 Å². The Labute approximate surface area is 207 Å². The molecule has 0 radical (unpaired) electrons. The van der Waals surface area contributed by atoms with E-state index in [1.165, 1.54) is 0 Å². The molecule has 35 heavy (non-hydrogen) atoms. The lowest BCUT2D eigenvalue weighted by Gasteiger charge is -2.17. The van der Waals surface area contributed by atoms with Gasteiger partial charge in [0, 0.05) is 50.2 Å². The van der Waals surface area contributed by atoms with Crippen molar-refractivity contribution in [1.82, 2.24) is 19.8 Å². The maximum absolute atomic E-state index is 8.93. The molecule has 0 bridgehead atoms. The molecule has 10 nitrogen and oxygen atoms in total. The van der Waals surface area contributed by atoms with E-state index >= 15 is 0 Å². The number of nitrogens with zero attached hydrogens (tertiary/aromatic N) is 6. The van der Waals surface area contributed by atoms with Crippen LogP contribution in [0, 0.1) is 28.8 Å². The highest BCUT2D eigenvalue weighted by atomic mass is 16.5. The van der Waals surface area contributed by atoms with Gasteiger partial charge in [-0.15, -0.1) is 0 Å². The highest BCUT2D eigenvalue weighted by Crippen LogP contribution is 2.21. The van der Waals surface area contributed by atoms with E-state index in [2.05, 4.69) is 22.4 Å². The molecule has 2 atom stereocenters. The Bertz CT molecular complexity index is 1010. The Morgan fingerprint density at radius 3 is 2.20 bits per heavy atom. The van der Waals surface area contributed by atoms with E-state index in [9.17, 15) is 0 Å². The summed E-state index contributed by atoms with van der Waals surface area (Å²) in [5.41, 5.74) is 11.1. The lowest BCUT2D eigenvalue weighted by atomic mass is 10.1. The van der Waals surface area contributed by atoms with E-state index < -0.39 is 0 Å². The van der Waals surface area contributed by atoms with Gasteiger partial charge in [0.15, 0.2) is 12.4 Å². The van der Waals surface area contributed by atoms with Gasteiger partial charge >= 0.3 is 0 Å². The van der Waals surface area contributed by atoms with Crippen molar-refractivity contribution in [3.05, 3.63) is 36.7 Å². The van der Waals surface area contributed by atoms with E-state index in [4.69, 9.17) is 31.5 Å². The summed E-state index contributed by atoms with van der Waals surface area (Å²) in [6.07, 6.45) is 14.0. The van der Waals surface area contributed by atoms with E-state index in [0.717, 1.165) is 69.7 Å². The molecule has 4 rings (SSSR count). The number of anilines is 2. The third-order valence-corrected chi connectivity index (χ3v) is 6.18. The number of nitriles is 2. The SMILES string of the molecule is N#CN1CCC(CCOc2ccnc(N)c2)C1.N#CN1CCCC1CCCOc1ccnc(N)c1. The van der Waals surface area contributed by atoms with E-state index in [0.29, 0.717) is 36.8 Å². The summed E-state index contributed by atoms with van der Waals surface area (Å²) < 4.78 is 11.2. The highest BCUT2D eigenvalue weighted by Gasteiger charge is 2.22. The van der Waals surface area contributed by atoms with Crippen LogP contribution in [0.1, 0.15) is 38.5 Å². The van der Waals surface area contributed by atoms with Gasteiger partial charge in [-0.2, -0.15) is 10.5 Å². The molecule has 2 aliphatic heterocycles. The number of nitrogen functional groups attached to an aromatic ring is 2. The minimum atomic E-state index is 0.404. The summed E-state index contributed by atoms with van der Waals surface area (Å²) in [6.45, 7) is 3.96. The Morgan fingerprint density at radius 1 is 0.914 bits per heavy atom. The molecule has 2 fully saturated rings. The molecular weight excluding hydrogens is 444 g/mol. The van der Waals surface area contributed by atoms with Gasteiger partial charge < -0.3 is 30.7 Å². The second kappa shape index (κ2) is 13.7. The van der Waals surface area contributed by atoms with Crippen molar-refractivity contribution >= 4 is 11.6 Å². The second-order valence-electron chi connectivity index (χ2n) is 8.75. The van der Waals surface area contributed by atoms with Crippen LogP contribution in [0.25, 0.3) is 0 Å². The predicted molar refractivity (Wildman–Crippen MR) is 133 cm³/mol. The van der Waals surface area contributed by atoms with E-state index in [1.54, 1.807) is 41.6 Å². The molecule has 0 aliphatic carbocycles. The van der Waals surface area contributed by atoms with Crippen molar-refractivity contribution in [3.8, 4) is 23.9 Å². The topological polar surface area (TPSA) is 150 Å². The Kier molecular flexibility index (Phi) is 10.1. The second-order valence-corrected chi connectivity index (χ2v) is 8.75. The normalized spacial score (nSPS) is 18.8. The number of hydrogen-bond donors (Lipinski definition) is 2. The number of nitrogens with two attached hydrogens (primary N) is 2. The van der Waals surface area contributed by atoms with Crippen LogP contribution in [0.3, 0.4) is 0 Å². The van der Waals surface area contributed by atoms with Crippen molar-refractivity contribution in [2.45, 2.75) is 44.6 Å². The first-order valence-electron chi connectivity index (χ1n) is 12.1. The van der Waals surface area contributed by atoms with E-state index in [-0.39, 0.29) is 0 Å². The van der Waals surface area contributed by atoms with Gasteiger partial charge in [0.2, 0.25) is 0 Å². The van der Waals surface area contributed by atoms with Gasteiger partial charge in [-0.05, 0) is 56.6 Å². The molecule has 4 heterocycles. The minimum Gasteiger partial charge on any atom is -0.493 e. The van der Waals surface area contributed by atoms with Crippen LogP contribution in [0.4, 0.5) is 11.6 Å². The summed E-state index contributed by atoms with van der Waals surface area (Å²) in [5, 5.41) is 17.7. The van der Waals surface area contributed by atoms with Crippen LogP contribution in [0.5, 0.6) is 11.5 Å². The predicted octanol–water partition coefficient (Wildman–Crippen LogP) is 3.00. The lowest BCUT2D eigenvalue weighted by molar-refractivity contribution is 0.274. The fraction of sp³-hybridized carbons (Fsp3) is 0.520. The quantitative estimate of drug-likeness (QED) is 0.406. The standard InChI is InChI=1S/C13H18N4O.C12H16N4O/c14-10-17-7-1-3-11(17)4-2-8-18-12-5-6-16-13(15)9-12;13-9-16-5-2-10(8-16)3-6-17-11-1-4-15-12(14)7-11/h5-6,9,11H,1-4,7-8H2,(H2,15,16);1,4,7,10H,2-3,5-6,8H2,(H2,14,15). The number of aromatic nitrogens is 2. The minimum absolute atomic E-state index is 0.404. The van der Waals surface area contributed by atoms with Crippen LogP contribution in [0.15, 0.2) is 36.7 Å². The third kappa shape index (κ3) is 8.74. The first kappa shape index (κ1) is 25.7. The smallest absolute Gasteiger partial charge is 0.179 e. The molecule has 0 saturated carbocycles. The highest BCUT2D eigenvalue weighted by molar-refractivity contribution is 5.36. The first-order chi connectivity index (χ1) is 17.1. The average molecular weight is 479 g/mol. The zero-order valence-corrected chi connectivity index (χ0v) is 20.1. The monoisotopic (exact) mass is 478 g/mol. The van der Waals surface area contributed by atoms with Crippen molar-refractivity contribution < 1.29 is 9.47 Å². The zero-order valence-electron chi connectivity index (χ0n) is 20.1. The van der Waals surface area contributed by atoms with Gasteiger partial charge in [-0.1, -0.05) is 0 Å². The molecule has 2 aliphatic rings. The van der Waals surface area contributed by atoms with Gasteiger partial charge in [-0.3, -0.25) is 0 Å². The fourth-order valence-corrected chi connectivity index (χ4v) is 4.31. The average Bonchev–Trinajstić information content (AvgIpc) is 3.51. The molecule has 0 spiro atoms. The maximum Gasteiger partial charge on any atom is 0.179 e. The maximum atomic E-state index is 8.93.